The van der Waals surface area contributed by atoms with Gasteiger partial charge in [0.25, 0.3) is 0 Å². The average molecular weight is 298 g/mol. The summed E-state index contributed by atoms with van der Waals surface area (Å²) in [6, 6.07) is 5.57. The highest BCUT2D eigenvalue weighted by atomic mass is 32.2. The third-order valence-electron chi connectivity index (χ3n) is 3.16. The van der Waals surface area contributed by atoms with Gasteiger partial charge in [-0.25, -0.2) is 4.39 Å². The van der Waals surface area contributed by atoms with Crippen molar-refractivity contribution in [1.82, 2.24) is 5.32 Å². The van der Waals surface area contributed by atoms with E-state index in [2.05, 4.69) is 5.32 Å². The smallest absolute Gasteiger partial charge is 0.237 e. The molecule has 0 saturated heterocycles. The van der Waals surface area contributed by atoms with Crippen molar-refractivity contribution in [2.24, 2.45) is 11.7 Å². The number of hydrogen-bond donors (Lipinski definition) is 2. The predicted molar refractivity (Wildman–Crippen MR) is 83.1 cm³/mol. The monoisotopic (exact) mass is 298 g/mol. The number of carbonyl (C=O) groups excluding carboxylic acids is 1. The highest BCUT2D eigenvalue weighted by Gasteiger charge is 2.21. The van der Waals surface area contributed by atoms with E-state index >= 15 is 0 Å². The Kier molecular flexibility index (Phi) is 7.02. The lowest BCUT2D eigenvalue weighted by Crippen LogP contribution is -2.43. The summed E-state index contributed by atoms with van der Waals surface area (Å²) in [6.45, 7) is 4.03. The second kappa shape index (κ2) is 8.27. The van der Waals surface area contributed by atoms with E-state index in [0.717, 1.165) is 11.3 Å². The number of thioether (sulfide) groups is 1. The fraction of sp³-hybridized carbons (Fsp3) is 0.533. The van der Waals surface area contributed by atoms with Crippen molar-refractivity contribution in [3.05, 3.63) is 35.6 Å². The quantitative estimate of drug-likeness (QED) is 0.814. The number of carbonyl (C=O) groups is 1. The molecule has 0 aromatic heterocycles. The summed E-state index contributed by atoms with van der Waals surface area (Å²) in [7, 11) is 0. The Hall–Kier alpha value is -1.07. The Bertz CT molecular complexity index is 422. The number of halogens is 1. The molecule has 1 unspecified atom stereocenters. The summed E-state index contributed by atoms with van der Waals surface area (Å²) in [5.74, 6) is 0.635. The zero-order valence-corrected chi connectivity index (χ0v) is 13.0. The molecule has 0 aliphatic carbocycles. The van der Waals surface area contributed by atoms with Gasteiger partial charge in [-0.2, -0.15) is 11.8 Å². The Morgan fingerprint density at radius 1 is 1.35 bits per heavy atom. The summed E-state index contributed by atoms with van der Waals surface area (Å²) < 4.78 is 13.0. The van der Waals surface area contributed by atoms with E-state index in [4.69, 9.17) is 5.73 Å². The lowest BCUT2D eigenvalue weighted by atomic mass is 9.95. The fourth-order valence-corrected chi connectivity index (χ4v) is 2.43. The van der Waals surface area contributed by atoms with Crippen molar-refractivity contribution in [1.29, 1.82) is 0 Å². The van der Waals surface area contributed by atoms with Gasteiger partial charge in [-0.15, -0.1) is 0 Å². The standard InChI is InChI=1S/C15H23FN2OS/c1-10(2)14(11-4-6-12(16)7-5-11)18-15(19)13(17)8-9-20-3/h4-7,10,13-14H,8-9,17H2,1-3H3,(H,18,19)/t13-,14?/m0/s1. The number of nitrogens with two attached hydrogens (primary N) is 1. The molecule has 1 rings (SSSR count). The van der Waals surface area contributed by atoms with Crippen molar-refractivity contribution in [2.75, 3.05) is 12.0 Å². The van der Waals surface area contributed by atoms with E-state index in [9.17, 15) is 9.18 Å². The van der Waals surface area contributed by atoms with E-state index < -0.39 is 6.04 Å². The van der Waals surface area contributed by atoms with Crippen LogP contribution in [-0.4, -0.2) is 24.0 Å². The van der Waals surface area contributed by atoms with Crippen LogP contribution in [0.2, 0.25) is 0 Å². The highest BCUT2D eigenvalue weighted by molar-refractivity contribution is 7.98. The first-order valence-electron chi connectivity index (χ1n) is 6.76. The largest absolute Gasteiger partial charge is 0.348 e. The molecule has 112 valence electrons. The number of rotatable bonds is 7. The molecule has 1 aromatic carbocycles. The molecule has 1 aromatic rings. The van der Waals surface area contributed by atoms with E-state index in [1.54, 1.807) is 23.9 Å². The van der Waals surface area contributed by atoms with Crippen LogP contribution in [-0.2, 0) is 4.79 Å². The van der Waals surface area contributed by atoms with Gasteiger partial charge in [0.1, 0.15) is 5.82 Å². The van der Waals surface area contributed by atoms with Crippen LogP contribution >= 0.6 is 11.8 Å². The van der Waals surface area contributed by atoms with Crippen LogP contribution in [0.4, 0.5) is 4.39 Å². The molecule has 0 aliphatic rings. The summed E-state index contributed by atoms with van der Waals surface area (Å²) in [5.41, 5.74) is 6.76. The summed E-state index contributed by atoms with van der Waals surface area (Å²) in [6.07, 6.45) is 2.64. The molecule has 2 atom stereocenters. The van der Waals surface area contributed by atoms with E-state index in [1.807, 2.05) is 20.1 Å². The van der Waals surface area contributed by atoms with E-state index in [1.165, 1.54) is 12.1 Å². The maximum atomic E-state index is 13.0. The zero-order chi connectivity index (χ0) is 15.1. The minimum Gasteiger partial charge on any atom is -0.348 e. The first kappa shape index (κ1) is 17.0. The predicted octanol–water partition coefficient (Wildman–Crippen LogP) is 2.72. The third-order valence-corrected chi connectivity index (χ3v) is 3.81. The molecule has 0 spiro atoms. The first-order chi connectivity index (χ1) is 9.45. The summed E-state index contributed by atoms with van der Waals surface area (Å²) in [5, 5.41) is 2.97. The number of nitrogens with one attached hydrogen (secondary N) is 1. The van der Waals surface area contributed by atoms with Gasteiger partial charge in [-0.05, 0) is 42.0 Å². The Morgan fingerprint density at radius 3 is 2.45 bits per heavy atom. The van der Waals surface area contributed by atoms with Crippen LogP contribution < -0.4 is 11.1 Å². The van der Waals surface area contributed by atoms with Gasteiger partial charge in [0.05, 0.1) is 12.1 Å². The molecule has 0 aliphatic heterocycles. The highest BCUT2D eigenvalue weighted by Crippen LogP contribution is 2.22. The number of hydrogen-bond acceptors (Lipinski definition) is 3. The van der Waals surface area contributed by atoms with Gasteiger partial charge < -0.3 is 11.1 Å². The van der Waals surface area contributed by atoms with Gasteiger partial charge >= 0.3 is 0 Å². The molecule has 20 heavy (non-hydrogen) atoms. The van der Waals surface area contributed by atoms with Crippen LogP contribution in [0.25, 0.3) is 0 Å². The van der Waals surface area contributed by atoms with Gasteiger partial charge in [0, 0.05) is 0 Å². The SMILES string of the molecule is CSCC[C@H](N)C(=O)NC(c1ccc(F)cc1)C(C)C. The average Bonchev–Trinajstić information content (AvgIpc) is 2.42. The van der Waals surface area contributed by atoms with Gasteiger partial charge in [0.15, 0.2) is 0 Å². The summed E-state index contributed by atoms with van der Waals surface area (Å²) in [4.78, 5) is 12.1. The summed E-state index contributed by atoms with van der Waals surface area (Å²) >= 11 is 1.67. The maximum Gasteiger partial charge on any atom is 0.237 e. The minimum atomic E-state index is -0.496. The lowest BCUT2D eigenvalue weighted by molar-refractivity contribution is -0.123. The fourth-order valence-electron chi connectivity index (χ4n) is 1.94. The molecular weight excluding hydrogens is 275 g/mol. The van der Waals surface area contributed by atoms with Crippen LogP contribution in [0.15, 0.2) is 24.3 Å². The molecule has 3 nitrogen and oxygen atoms in total. The Labute approximate surface area is 124 Å². The topological polar surface area (TPSA) is 55.1 Å². The van der Waals surface area contributed by atoms with Gasteiger partial charge in [-0.3, -0.25) is 4.79 Å². The van der Waals surface area contributed by atoms with Crippen LogP contribution in [0.3, 0.4) is 0 Å². The van der Waals surface area contributed by atoms with Crippen LogP contribution in [0.1, 0.15) is 31.9 Å². The lowest BCUT2D eigenvalue weighted by Gasteiger charge is -2.24. The van der Waals surface area contributed by atoms with Gasteiger partial charge in [0.2, 0.25) is 5.91 Å². The number of amides is 1. The molecule has 0 fully saturated rings. The van der Waals surface area contributed by atoms with Crippen molar-refractivity contribution < 1.29 is 9.18 Å². The second-order valence-electron chi connectivity index (χ2n) is 5.17. The molecule has 5 heteroatoms. The first-order valence-corrected chi connectivity index (χ1v) is 8.15. The van der Waals surface area contributed by atoms with Crippen molar-refractivity contribution >= 4 is 17.7 Å². The molecule has 0 bridgehead atoms. The zero-order valence-electron chi connectivity index (χ0n) is 12.2. The van der Waals surface area contributed by atoms with E-state index in [0.29, 0.717) is 6.42 Å². The van der Waals surface area contributed by atoms with Crippen molar-refractivity contribution in [2.45, 2.75) is 32.4 Å². The van der Waals surface area contributed by atoms with Crippen molar-refractivity contribution in [3.63, 3.8) is 0 Å². The molecule has 0 saturated carbocycles. The molecular formula is C15H23FN2OS. The molecule has 1 amide bonds. The third kappa shape index (κ3) is 5.13. The van der Waals surface area contributed by atoms with Crippen LogP contribution in [0, 0.1) is 11.7 Å². The molecule has 0 radical (unpaired) electrons. The second-order valence-corrected chi connectivity index (χ2v) is 6.16. The Balaban J connectivity index is 2.72. The minimum absolute atomic E-state index is 0.150. The van der Waals surface area contributed by atoms with Crippen LogP contribution in [0.5, 0.6) is 0 Å². The molecule has 0 heterocycles. The Morgan fingerprint density at radius 2 is 1.95 bits per heavy atom. The van der Waals surface area contributed by atoms with Gasteiger partial charge in [-0.1, -0.05) is 26.0 Å². The maximum absolute atomic E-state index is 13.0. The van der Waals surface area contributed by atoms with Crippen molar-refractivity contribution in [3.8, 4) is 0 Å². The number of benzene rings is 1. The molecule has 3 N–H and O–H groups in total. The van der Waals surface area contributed by atoms with E-state index in [-0.39, 0.29) is 23.7 Å². The normalized spacial score (nSPS) is 14.1.